The van der Waals surface area contributed by atoms with Crippen LogP contribution in [0, 0.1) is 0 Å². The van der Waals surface area contributed by atoms with Crippen LogP contribution in [0.5, 0.6) is 0 Å². The number of anilines is 2. The molecule has 3 rings (SSSR count). The number of nitrogen functional groups attached to an aromatic ring is 1. The van der Waals surface area contributed by atoms with Gasteiger partial charge in [0.25, 0.3) is 0 Å². The lowest BCUT2D eigenvalue weighted by molar-refractivity contribution is 0.658. The van der Waals surface area contributed by atoms with Crippen LogP contribution in [0.25, 0.3) is 11.0 Å². The minimum Gasteiger partial charge on any atom is -0.375 e. The molecule has 4 nitrogen and oxygen atoms in total. The molecule has 0 amide bonds. The fraction of sp³-hybridized carbons (Fsp3) is 0.235. The summed E-state index contributed by atoms with van der Waals surface area (Å²) >= 11 is 0. The molecular formula is C17H20N4. The van der Waals surface area contributed by atoms with E-state index in [4.69, 9.17) is 5.73 Å². The molecule has 0 unspecified atom stereocenters. The zero-order valence-electron chi connectivity index (χ0n) is 12.2. The topological polar surface area (TPSA) is 47.1 Å². The largest absolute Gasteiger partial charge is 0.375 e. The van der Waals surface area contributed by atoms with Gasteiger partial charge in [-0.15, -0.1) is 0 Å². The number of para-hydroxylation sites is 3. The number of hydrogen-bond acceptors (Lipinski definition) is 3. The summed E-state index contributed by atoms with van der Waals surface area (Å²) in [5.74, 6) is 0.596. The van der Waals surface area contributed by atoms with Crippen LogP contribution in [0.3, 0.4) is 0 Å². The maximum atomic E-state index is 6.02. The first-order valence-electron chi connectivity index (χ1n) is 7.22. The maximum absolute atomic E-state index is 6.02. The Morgan fingerprint density at radius 1 is 1.05 bits per heavy atom. The van der Waals surface area contributed by atoms with Crippen molar-refractivity contribution in [1.29, 1.82) is 0 Å². The number of aromatic nitrogens is 2. The first-order valence-corrected chi connectivity index (χ1v) is 7.22. The normalized spacial score (nSPS) is 10.9. The number of imidazole rings is 1. The lowest BCUT2D eigenvalue weighted by atomic mass is 10.3. The van der Waals surface area contributed by atoms with Gasteiger partial charge in [-0.2, -0.15) is 0 Å². The molecule has 0 aliphatic rings. The van der Waals surface area contributed by atoms with Gasteiger partial charge in [0, 0.05) is 25.8 Å². The molecule has 2 aromatic carbocycles. The second-order valence-electron chi connectivity index (χ2n) is 5.22. The lowest BCUT2D eigenvalue weighted by Gasteiger charge is -2.19. The van der Waals surface area contributed by atoms with E-state index in [1.165, 1.54) is 5.69 Å². The second kappa shape index (κ2) is 5.87. The van der Waals surface area contributed by atoms with Crippen LogP contribution in [-0.2, 0) is 6.54 Å². The lowest BCUT2D eigenvalue weighted by Crippen LogP contribution is -2.20. The maximum Gasteiger partial charge on any atom is 0.201 e. The number of nitrogens with two attached hydrogens (primary N) is 1. The van der Waals surface area contributed by atoms with E-state index in [0.717, 1.165) is 30.5 Å². The van der Waals surface area contributed by atoms with Gasteiger partial charge in [0.05, 0.1) is 11.0 Å². The summed E-state index contributed by atoms with van der Waals surface area (Å²) < 4.78 is 2.09. The number of fused-ring (bicyclic) bond motifs is 1. The molecule has 0 aliphatic heterocycles. The van der Waals surface area contributed by atoms with E-state index >= 15 is 0 Å². The second-order valence-corrected chi connectivity index (χ2v) is 5.22. The Morgan fingerprint density at radius 3 is 2.57 bits per heavy atom. The van der Waals surface area contributed by atoms with Crippen LogP contribution in [0.2, 0.25) is 0 Å². The van der Waals surface area contributed by atoms with E-state index in [-0.39, 0.29) is 0 Å². The molecule has 2 N–H and O–H groups in total. The summed E-state index contributed by atoms with van der Waals surface area (Å²) in [4.78, 5) is 6.66. The third-order valence-corrected chi connectivity index (χ3v) is 3.76. The van der Waals surface area contributed by atoms with Gasteiger partial charge >= 0.3 is 0 Å². The standard InChI is InChI=1S/C17H20N4/c1-20(14-8-3-2-4-9-14)12-7-13-21-16-11-6-5-10-15(16)19-17(21)18/h2-6,8-11H,7,12-13H2,1H3,(H2,18,19). The van der Waals surface area contributed by atoms with Gasteiger partial charge in [0.1, 0.15) is 0 Å². The molecule has 3 aromatic rings. The predicted octanol–water partition coefficient (Wildman–Crippen LogP) is 3.15. The highest BCUT2D eigenvalue weighted by atomic mass is 15.2. The van der Waals surface area contributed by atoms with Crippen LogP contribution in [0.15, 0.2) is 54.6 Å². The van der Waals surface area contributed by atoms with Gasteiger partial charge in [0.2, 0.25) is 5.95 Å². The molecule has 0 atom stereocenters. The Labute approximate surface area is 124 Å². The van der Waals surface area contributed by atoms with Crippen molar-refractivity contribution in [2.75, 3.05) is 24.2 Å². The third-order valence-electron chi connectivity index (χ3n) is 3.76. The van der Waals surface area contributed by atoms with Crippen LogP contribution in [-0.4, -0.2) is 23.1 Å². The molecule has 21 heavy (non-hydrogen) atoms. The fourth-order valence-corrected chi connectivity index (χ4v) is 2.61. The monoisotopic (exact) mass is 280 g/mol. The minimum absolute atomic E-state index is 0.596. The van der Waals surface area contributed by atoms with Gasteiger partial charge in [-0.1, -0.05) is 30.3 Å². The van der Waals surface area contributed by atoms with Gasteiger partial charge in [0.15, 0.2) is 0 Å². The predicted molar refractivity (Wildman–Crippen MR) is 88.5 cm³/mol. The summed E-state index contributed by atoms with van der Waals surface area (Å²) in [6.45, 7) is 1.86. The van der Waals surface area contributed by atoms with E-state index in [1.54, 1.807) is 0 Å². The van der Waals surface area contributed by atoms with E-state index in [9.17, 15) is 0 Å². The molecular weight excluding hydrogens is 260 g/mol. The van der Waals surface area contributed by atoms with Crippen molar-refractivity contribution in [2.45, 2.75) is 13.0 Å². The molecule has 0 saturated carbocycles. The van der Waals surface area contributed by atoms with Crippen molar-refractivity contribution in [3.63, 3.8) is 0 Å². The first-order chi connectivity index (χ1) is 10.3. The zero-order valence-corrected chi connectivity index (χ0v) is 12.2. The quantitative estimate of drug-likeness (QED) is 0.781. The van der Waals surface area contributed by atoms with Crippen molar-refractivity contribution in [3.8, 4) is 0 Å². The van der Waals surface area contributed by atoms with Crippen LogP contribution >= 0.6 is 0 Å². The highest BCUT2D eigenvalue weighted by Crippen LogP contribution is 2.18. The van der Waals surface area contributed by atoms with Crippen LogP contribution in [0.4, 0.5) is 11.6 Å². The number of hydrogen-bond donors (Lipinski definition) is 1. The highest BCUT2D eigenvalue weighted by Gasteiger charge is 2.07. The summed E-state index contributed by atoms with van der Waals surface area (Å²) in [5, 5.41) is 0. The average Bonchev–Trinajstić information content (AvgIpc) is 2.84. The summed E-state index contributed by atoms with van der Waals surface area (Å²) in [7, 11) is 2.12. The van der Waals surface area contributed by atoms with Crippen molar-refractivity contribution in [1.82, 2.24) is 9.55 Å². The van der Waals surface area contributed by atoms with E-state index in [2.05, 4.69) is 51.8 Å². The molecule has 4 heteroatoms. The van der Waals surface area contributed by atoms with Crippen molar-refractivity contribution >= 4 is 22.7 Å². The molecule has 0 bridgehead atoms. The van der Waals surface area contributed by atoms with Gasteiger partial charge in [-0.3, -0.25) is 0 Å². The molecule has 1 heterocycles. The summed E-state index contributed by atoms with van der Waals surface area (Å²) in [5.41, 5.74) is 9.33. The van der Waals surface area contributed by atoms with E-state index in [0.29, 0.717) is 5.95 Å². The molecule has 1 aromatic heterocycles. The van der Waals surface area contributed by atoms with Crippen molar-refractivity contribution < 1.29 is 0 Å². The number of rotatable bonds is 5. The fourth-order valence-electron chi connectivity index (χ4n) is 2.61. The SMILES string of the molecule is CN(CCCn1c(N)nc2ccccc21)c1ccccc1. The van der Waals surface area contributed by atoms with Gasteiger partial charge < -0.3 is 15.2 Å². The number of nitrogens with zero attached hydrogens (tertiary/aromatic N) is 3. The van der Waals surface area contributed by atoms with Gasteiger partial charge in [-0.05, 0) is 30.7 Å². The van der Waals surface area contributed by atoms with Gasteiger partial charge in [-0.25, -0.2) is 4.98 Å². The van der Waals surface area contributed by atoms with Crippen LogP contribution < -0.4 is 10.6 Å². The first kappa shape index (κ1) is 13.5. The Balaban J connectivity index is 1.66. The Kier molecular flexibility index (Phi) is 3.77. The average molecular weight is 280 g/mol. The van der Waals surface area contributed by atoms with E-state index in [1.807, 2.05) is 24.3 Å². The summed E-state index contributed by atoms with van der Waals surface area (Å²) in [6.07, 6.45) is 1.02. The smallest absolute Gasteiger partial charge is 0.201 e. The highest BCUT2D eigenvalue weighted by molar-refractivity contribution is 5.78. The molecule has 0 spiro atoms. The molecule has 0 aliphatic carbocycles. The van der Waals surface area contributed by atoms with Crippen LogP contribution in [0.1, 0.15) is 6.42 Å². The minimum atomic E-state index is 0.596. The number of benzene rings is 2. The van der Waals surface area contributed by atoms with Crippen molar-refractivity contribution in [3.05, 3.63) is 54.6 Å². The van der Waals surface area contributed by atoms with E-state index < -0.39 is 0 Å². The zero-order chi connectivity index (χ0) is 14.7. The van der Waals surface area contributed by atoms with Crippen molar-refractivity contribution in [2.24, 2.45) is 0 Å². The Hall–Kier alpha value is -2.49. The molecule has 0 saturated heterocycles. The third kappa shape index (κ3) is 2.84. The molecule has 108 valence electrons. The Bertz CT molecular complexity index is 718. The number of aryl methyl sites for hydroxylation is 1. The molecule has 0 fully saturated rings. The Morgan fingerprint density at radius 2 is 1.76 bits per heavy atom. The molecule has 0 radical (unpaired) electrons. The summed E-state index contributed by atoms with van der Waals surface area (Å²) in [6, 6.07) is 18.5.